The highest BCUT2D eigenvalue weighted by molar-refractivity contribution is 6.38. The third-order valence-electron chi connectivity index (χ3n) is 3.32. The molecule has 6 nitrogen and oxygen atoms in total. The second-order valence-corrected chi connectivity index (χ2v) is 5.64. The van der Waals surface area contributed by atoms with Crippen LogP contribution in [-0.4, -0.2) is 32.7 Å². The van der Waals surface area contributed by atoms with Gasteiger partial charge in [-0.15, -0.1) is 10.2 Å². The molecule has 0 aliphatic carbocycles. The maximum atomic E-state index is 12.3. The molecule has 0 aliphatic rings. The van der Waals surface area contributed by atoms with Crippen molar-refractivity contribution in [1.82, 2.24) is 19.7 Å². The fourth-order valence-corrected chi connectivity index (χ4v) is 2.34. The molecule has 0 radical (unpaired) electrons. The Kier molecular flexibility index (Phi) is 5.26. The highest BCUT2D eigenvalue weighted by Gasteiger charge is 2.15. The summed E-state index contributed by atoms with van der Waals surface area (Å²) in [5, 5.41) is 11.6. The largest absolute Gasteiger partial charge is 0.322 e. The summed E-state index contributed by atoms with van der Waals surface area (Å²) >= 11 is 12.2. The Morgan fingerprint density at radius 3 is 2.82 bits per heavy atom. The van der Waals surface area contributed by atoms with E-state index in [0.29, 0.717) is 22.3 Å². The van der Waals surface area contributed by atoms with E-state index in [-0.39, 0.29) is 6.03 Å². The molecule has 1 aromatic heterocycles. The van der Waals surface area contributed by atoms with Crippen LogP contribution in [0.2, 0.25) is 10.0 Å². The smallest absolute Gasteiger partial charge is 0.320 e. The summed E-state index contributed by atoms with van der Waals surface area (Å²) in [6.45, 7) is 4.89. The number of nitrogens with zero attached hydrogens (tertiary/aromatic N) is 4. The predicted octanol–water partition coefficient (Wildman–Crippen LogP) is 3.58. The molecule has 0 saturated heterocycles. The SMILES string of the molecule is CCn1cnnc1CN(C)C(=O)Nc1ccc(Cl)c(C)c1Cl. The van der Waals surface area contributed by atoms with Crippen molar-refractivity contribution in [3.8, 4) is 0 Å². The number of anilines is 1. The van der Waals surface area contributed by atoms with Crippen LogP contribution in [0.25, 0.3) is 0 Å². The van der Waals surface area contributed by atoms with E-state index in [1.165, 1.54) is 4.90 Å². The normalized spacial score (nSPS) is 10.6. The molecule has 22 heavy (non-hydrogen) atoms. The molecule has 0 fully saturated rings. The first kappa shape index (κ1) is 16.6. The van der Waals surface area contributed by atoms with Crippen LogP contribution in [-0.2, 0) is 13.1 Å². The van der Waals surface area contributed by atoms with Gasteiger partial charge in [0.1, 0.15) is 6.33 Å². The van der Waals surface area contributed by atoms with Gasteiger partial charge >= 0.3 is 6.03 Å². The van der Waals surface area contributed by atoms with E-state index in [1.54, 1.807) is 32.4 Å². The van der Waals surface area contributed by atoms with Gasteiger partial charge in [-0.25, -0.2) is 4.79 Å². The van der Waals surface area contributed by atoms with Gasteiger partial charge in [0.25, 0.3) is 0 Å². The number of hydrogen-bond acceptors (Lipinski definition) is 3. The minimum atomic E-state index is -0.283. The Balaban J connectivity index is 2.07. The highest BCUT2D eigenvalue weighted by Crippen LogP contribution is 2.30. The average molecular weight is 342 g/mol. The number of carbonyl (C=O) groups excluding carboxylic acids is 1. The lowest BCUT2D eigenvalue weighted by atomic mass is 10.2. The molecule has 2 aromatic rings. The fraction of sp³-hybridized carbons (Fsp3) is 0.357. The number of carbonyl (C=O) groups is 1. The first-order chi connectivity index (χ1) is 10.4. The van der Waals surface area contributed by atoms with Gasteiger partial charge in [-0.3, -0.25) is 0 Å². The predicted molar refractivity (Wildman–Crippen MR) is 87.4 cm³/mol. The van der Waals surface area contributed by atoms with Crippen molar-refractivity contribution in [2.75, 3.05) is 12.4 Å². The molecule has 0 spiro atoms. The number of benzene rings is 1. The monoisotopic (exact) mass is 341 g/mol. The second-order valence-electron chi connectivity index (χ2n) is 4.85. The van der Waals surface area contributed by atoms with Crippen LogP contribution in [0, 0.1) is 6.92 Å². The Labute approximate surface area is 139 Å². The van der Waals surface area contributed by atoms with Crippen LogP contribution in [0.15, 0.2) is 18.5 Å². The minimum Gasteiger partial charge on any atom is -0.320 e. The molecular formula is C14H17Cl2N5O. The molecule has 1 aromatic carbocycles. The standard InChI is InChI=1S/C14H17Cl2N5O/c1-4-21-8-17-19-12(21)7-20(3)14(22)18-11-6-5-10(15)9(2)13(11)16/h5-6,8H,4,7H2,1-3H3,(H,18,22). The summed E-state index contributed by atoms with van der Waals surface area (Å²) in [7, 11) is 1.68. The quantitative estimate of drug-likeness (QED) is 0.924. The molecule has 2 rings (SSSR count). The Bertz CT molecular complexity index is 686. The summed E-state index contributed by atoms with van der Waals surface area (Å²) in [5.41, 5.74) is 1.26. The van der Waals surface area contributed by atoms with E-state index in [1.807, 2.05) is 11.5 Å². The lowest BCUT2D eigenvalue weighted by molar-refractivity contribution is 0.219. The third-order valence-corrected chi connectivity index (χ3v) is 4.22. The molecule has 1 N–H and O–H groups in total. The second kappa shape index (κ2) is 6.98. The Morgan fingerprint density at radius 1 is 1.41 bits per heavy atom. The van der Waals surface area contributed by atoms with E-state index in [2.05, 4.69) is 15.5 Å². The minimum absolute atomic E-state index is 0.283. The van der Waals surface area contributed by atoms with Crippen LogP contribution < -0.4 is 5.32 Å². The fourth-order valence-electron chi connectivity index (χ4n) is 1.92. The van der Waals surface area contributed by atoms with Gasteiger partial charge in [0.15, 0.2) is 5.82 Å². The average Bonchev–Trinajstić information content (AvgIpc) is 2.94. The zero-order valence-electron chi connectivity index (χ0n) is 12.6. The first-order valence-electron chi connectivity index (χ1n) is 6.77. The molecule has 0 aliphatic heterocycles. The van der Waals surface area contributed by atoms with E-state index >= 15 is 0 Å². The third kappa shape index (κ3) is 3.51. The van der Waals surface area contributed by atoms with Crippen molar-refractivity contribution in [3.05, 3.63) is 39.9 Å². The van der Waals surface area contributed by atoms with E-state index in [0.717, 1.165) is 17.9 Å². The number of urea groups is 1. The van der Waals surface area contributed by atoms with Gasteiger partial charge < -0.3 is 14.8 Å². The summed E-state index contributed by atoms with van der Waals surface area (Å²) in [6.07, 6.45) is 1.64. The summed E-state index contributed by atoms with van der Waals surface area (Å²) in [5.74, 6) is 0.721. The lowest BCUT2D eigenvalue weighted by Crippen LogP contribution is -2.32. The van der Waals surface area contributed by atoms with E-state index < -0.39 is 0 Å². The van der Waals surface area contributed by atoms with Crippen molar-refractivity contribution < 1.29 is 4.79 Å². The maximum absolute atomic E-state index is 12.3. The summed E-state index contributed by atoms with van der Waals surface area (Å²) in [6, 6.07) is 3.10. The molecule has 8 heteroatoms. The van der Waals surface area contributed by atoms with Gasteiger partial charge in [0.05, 0.1) is 17.3 Å². The van der Waals surface area contributed by atoms with Crippen LogP contribution in [0.5, 0.6) is 0 Å². The molecule has 1 heterocycles. The zero-order valence-corrected chi connectivity index (χ0v) is 14.1. The van der Waals surface area contributed by atoms with Gasteiger partial charge in [-0.1, -0.05) is 23.2 Å². The van der Waals surface area contributed by atoms with Crippen molar-refractivity contribution >= 4 is 34.9 Å². The van der Waals surface area contributed by atoms with Crippen molar-refractivity contribution in [1.29, 1.82) is 0 Å². The van der Waals surface area contributed by atoms with E-state index in [9.17, 15) is 4.79 Å². The van der Waals surface area contributed by atoms with Crippen molar-refractivity contribution in [2.45, 2.75) is 26.9 Å². The lowest BCUT2D eigenvalue weighted by Gasteiger charge is -2.18. The number of halogens is 2. The molecule has 0 bridgehead atoms. The van der Waals surface area contributed by atoms with Crippen molar-refractivity contribution in [3.63, 3.8) is 0 Å². The van der Waals surface area contributed by atoms with Crippen LogP contribution in [0.1, 0.15) is 18.3 Å². The molecular weight excluding hydrogens is 325 g/mol. The molecule has 2 amide bonds. The van der Waals surface area contributed by atoms with E-state index in [4.69, 9.17) is 23.2 Å². The summed E-state index contributed by atoms with van der Waals surface area (Å²) in [4.78, 5) is 13.8. The van der Waals surface area contributed by atoms with Crippen LogP contribution in [0.3, 0.4) is 0 Å². The highest BCUT2D eigenvalue weighted by atomic mass is 35.5. The summed E-state index contributed by atoms with van der Waals surface area (Å²) < 4.78 is 1.88. The number of nitrogens with one attached hydrogen (secondary N) is 1. The number of hydrogen-bond donors (Lipinski definition) is 1. The number of rotatable bonds is 4. The number of aryl methyl sites for hydroxylation is 1. The van der Waals surface area contributed by atoms with Gasteiger partial charge in [-0.2, -0.15) is 0 Å². The topological polar surface area (TPSA) is 63.1 Å². The Morgan fingerprint density at radius 2 is 2.14 bits per heavy atom. The number of aromatic nitrogens is 3. The zero-order chi connectivity index (χ0) is 16.3. The Hall–Kier alpha value is -1.79. The molecule has 118 valence electrons. The van der Waals surface area contributed by atoms with Crippen LogP contribution in [0.4, 0.5) is 10.5 Å². The van der Waals surface area contributed by atoms with Crippen LogP contribution >= 0.6 is 23.2 Å². The van der Waals surface area contributed by atoms with Gasteiger partial charge in [0.2, 0.25) is 0 Å². The molecule has 0 saturated carbocycles. The first-order valence-corrected chi connectivity index (χ1v) is 7.53. The van der Waals surface area contributed by atoms with Gasteiger partial charge in [-0.05, 0) is 31.5 Å². The maximum Gasteiger partial charge on any atom is 0.322 e. The molecule has 0 unspecified atom stereocenters. The molecule has 0 atom stereocenters. The number of amides is 2. The van der Waals surface area contributed by atoms with Crippen molar-refractivity contribution in [2.24, 2.45) is 0 Å². The van der Waals surface area contributed by atoms with Gasteiger partial charge in [0, 0.05) is 18.6 Å².